The molecule has 0 unspecified atom stereocenters. The van der Waals surface area contributed by atoms with Crippen molar-refractivity contribution in [2.75, 3.05) is 0 Å². The van der Waals surface area contributed by atoms with Gasteiger partial charge in [0.25, 0.3) is 5.56 Å². The molecule has 0 amide bonds. The summed E-state index contributed by atoms with van der Waals surface area (Å²) in [5.74, 6) is 0. The molecule has 0 bridgehead atoms. The minimum Gasteiger partial charge on any atom is -0.323 e. The third kappa shape index (κ3) is 2.17. The van der Waals surface area contributed by atoms with Crippen molar-refractivity contribution in [3.63, 3.8) is 0 Å². The Hall–Kier alpha value is -0.940. The van der Waals surface area contributed by atoms with E-state index >= 15 is 0 Å². The second-order valence-corrected chi connectivity index (χ2v) is 7.12. The van der Waals surface area contributed by atoms with Crippen molar-refractivity contribution in [3.8, 4) is 0 Å². The van der Waals surface area contributed by atoms with Gasteiger partial charge in [0.2, 0.25) is 0 Å². The van der Waals surface area contributed by atoms with Gasteiger partial charge < -0.3 is 4.98 Å². The summed E-state index contributed by atoms with van der Waals surface area (Å²) in [5.41, 5.74) is 1.40. The Labute approximate surface area is 127 Å². The van der Waals surface area contributed by atoms with Crippen LogP contribution in [0.4, 0.5) is 0 Å². The maximum atomic E-state index is 12.9. The molecule has 0 saturated carbocycles. The average Bonchev–Trinajstić information content (AvgIpc) is 2.60. The molecule has 2 aromatic heterocycles. The zero-order valence-corrected chi connectivity index (χ0v) is 13.6. The highest BCUT2D eigenvalue weighted by Gasteiger charge is 2.20. The standard InChI is InChI=1S/C15H20N2OS2/c1-3-9(2)17-14(18)12-10-7-5-4-6-8-11(10)20-13(12)16-15(17)19/h9H,3-8H2,1-2H3,(H,16,19)/t9-/m1/s1. The van der Waals surface area contributed by atoms with Gasteiger partial charge in [-0.2, -0.15) is 0 Å². The molecule has 0 fully saturated rings. The maximum absolute atomic E-state index is 12.9. The Morgan fingerprint density at radius 1 is 1.35 bits per heavy atom. The third-order valence-corrected chi connectivity index (χ3v) is 5.83. The van der Waals surface area contributed by atoms with Gasteiger partial charge in [-0.25, -0.2) is 0 Å². The van der Waals surface area contributed by atoms with E-state index in [2.05, 4.69) is 18.8 Å². The van der Waals surface area contributed by atoms with E-state index in [0.29, 0.717) is 4.77 Å². The van der Waals surface area contributed by atoms with E-state index in [4.69, 9.17) is 12.2 Å². The maximum Gasteiger partial charge on any atom is 0.263 e. The summed E-state index contributed by atoms with van der Waals surface area (Å²) in [7, 11) is 0. The Balaban J connectivity index is 2.33. The van der Waals surface area contributed by atoms with Crippen LogP contribution in [0.15, 0.2) is 4.79 Å². The molecule has 0 saturated heterocycles. The lowest BCUT2D eigenvalue weighted by molar-refractivity contribution is 0.504. The molecular formula is C15H20N2OS2. The van der Waals surface area contributed by atoms with Crippen LogP contribution in [0.2, 0.25) is 0 Å². The smallest absolute Gasteiger partial charge is 0.263 e. The van der Waals surface area contributed by atoms with E-state index in [0.717, 1.165) is 29.5 Å². The molecule has 108 valence electrons. The van der Waals surface area contributed by atoms with Crippen LogP contribution in [-0.2, 0) is 12.8 Å². The summed E-state index contributed by atoms with van der Waals surface area (Å²) in [6.07, 6.45) is 6.76. The first-order valence-electron chi connectivity index (χ1n) is 7.42. The van der Waals surface area contributed by atoms with E-state index in [9.17, 15) is 4.79 Å². The van der Waals surface area contributed by atoms with Crippen molar-refractivity contribution < 1.29 is 0 Å². The van der Waals surface area contributed by atoms with Crippen LogP contribution < -0.4 is 5.56 Å². The number of aromatic amines is 1. The number of aromatic nitrogens is 2. The molecule has 20 heavy (non-hydrogen) atoms. The fraction of sp³-hybridized carbons (Fsp3) is 0.600. The Kier molecular flexibility index (Phi) is 3.82. The van der Waals surface area contributed by atoms with Gasteiger partial charge in [0.15, 0.2) is 4.77 Å². The molecule has 3 rings (SSSR count). The lowest BCUT2D eigenvalue weighted by Crippen LogP contribution is -2.25. The van der Waals surface area contributed by atoms with Gasteiger partial charge in [-0.05, 0) is 56.8 Å². The first-order chi connectivity index (χ1) is 9.63. The third-order valence-electron chi connectivity index (χ3n) is 4.32. The van der Waals surface area contributed by atoms with E-state index in [-0.39, 0.29) is 11.6 Å². The number of nitrogens with zero attached hydrogens (tertiary/aromatic N) is 1. The van der Waals surface area contributed by atoms with Crippen LogP contribution in [0.3, 0.4) is 0 Å². The van der Waals surface area contributed by atoms with Gasteiger partial charge >= 0.3 is 0 Å². The quantitative estimate of drug-likeness (QED) is 0.661. The van der Waals surface area contributed by atoms with Gasteiger partial charge in [0.05, 0.1) is 5.39 Å². The summed E-state index contributed by atoms with van der Waals surface area (Å²) in [6, 6.07) is 0.150. The molecular weight excluding hydrogens is 288 g/mol. The number of nitrogens with one attached hydrogen (secondary N) is 1. The molecule has 0 aliphatic heterocycles. The summed E-state index contributed by atoms with van der Waals surface area (Å²) in [5, 5.41) is 0.904. The van der Waals surface area contributed by atoms with Gasteiger partial charge in [-0.3, -0.25) is 9.36 Å². The van der Waals surface area contributed by atoms with Gasteiger partial charge in [-0.1, -0.05) is 13.3 Å². The van der Waals surface area contributed by atoms with E-state index in [1.54, 1.807) is 15.9 Å². The summed E-state index contributed by atoms with van der Waals surface area (Å²) in [4.78, 5) is 18.5. The highest BCUT2D eigenvalue weighted by molar-refractivity contribution is 7.71. The SMILES string of the molecule is CC[C@@H](C)n1c(=S)[nH]c2sc3c(c2c1=O)CCCCC3. The van der Waals surface area contributed by atoms with Crippen LogP contribution in [0.1, 0.15) is 56.0 Å². The molecule has 3 nitrogen and oxygen atoms in total. The van der Waals surface area contributed by atoms with Crippen LogP contribution in [0, 0.1) is 4.77 Å². The normalized spacial score (nSPS) is 16.9. The summed E-state index contributed by atoms with van der Waals surface area (Å²) >= 11 is 7.12. The van der Waals surface area contributed by atoms with E-state index < -0.39 is 0 Å². The molecule has 1 aliphatic rings. The predicted molar refractivity (Wildman–Crippen MR) is 87.5 cm³/mol. The second-order valence-electron chi connectivity index (χ2n) is 5.63. The monoisotopic (exact) mass is 308 g/mol. The number of fused-ring (bicyclic) bond motifs is 3. The first kappa shape index (κ1) is 14.0. The van der Waals surface area contributed by atoms with Crippen LogP contribution in [0.5, 0.6) is 0 Å². The fourth-order valence-corrected chi connectivity index (χ4v) is 4.72. The molecule has 1 atom stereocenters. The van der Waals surface area contributed by atoms with Gasteiger partial charge in [0.1, 0.15) is 4.83 Å². The minimum atomic E-state index is 0.109. The summed E-state index contributed by atoms with van der Waals surface area (Å²) < 4.78 is 2.32. The summed E-state index contributed by atoms with van der Waals surface area (Å²) in [6.45, 7) is 4.14. The van der Waals surface area contributed by atoms with Crippen LogP contribution in [0.25, 0.3) is 10.2 Å². The highest BCUT2D eigenvalue weighted by atomic mass is 32.1. The molecule has 0 spiro atoms. The molecule has 0 radical (unpaired) electrons. The van der Waals surface area contributed by atoms with Crippen molar-refractivity contribution >= 4 is 33.8 Å². The van der Waals surface area contributed by atoms with Crippen molar-refractivity contribution in [2.45, 2.75) is 58.4 Å². The van der Waals surface area contributed by atoms with Crippen molar-refractivity contribution in [3.05, 3.63) is 25.6 Å². The number of thiophene rings is 1. The number of hydrogen-bond donors (Lipinski definition) is 1. The van der Waals surface area contributed by atoms with Crippen LogP contribution >= 0.6 is 23.6 Å². The molecule has 0 aromatic carbocycles. The lowest BCUT2D eigenvalue weighted by atomic mass is 10.1. The zero-order chi connectivity index (χ0) is 14.3. The highest BCUT2D eigenvalue weighted by Crippen LogP contribution is 2.33. The predicted octanol–water partition coefficient (Wildman–Crippen LogP) is 4.36. The largest absolute Gasteiger partial charge is 0.323 e. The molecule has 5 heteroatoms. The molecule has 2 aromatic rings. The Morgan fingerprint density at radius 3 is 2.85 bits per heavy atom. The Bertz CT molecular complexity index is 754. The number of H-pyrrole nitrogens is 1. The number of rotatable bonds is 2. The molecule has 1 N–H and O–H groups in total. The number of hydrogen-bond acceptors (Lipinski definition) is 3. The zero-order valence-electron chi connectivity index (χ0n) is 12.0. The minimum absolute atomic E-state index is 0.109. The fourth-order valence-electron chi connectivity index (χ4n) is 3.01. The van der Waals surface area contributed by atoms with Crippen molar-refractivity contribution in [2.24, 2.45) is 0 Å². The first-order valence-corrected chi connectivity index (χ1v) is 8.65. The average molecular weight is 308 g/mol. The topological polar surface area (TPSA) is 37.8 Å². The van der Waals surface area contributed by atoms with E-state index in [1.807, 2.05) is 0 Å². The molecule has 2 heterocycles. The van der Waals surface area contributed by atoms with Crippen LogP contribution in [-0.4, -0.2) is 9.55 Å². The van der Waals surface area contributed by atoms with Gasteiger partial charge in [-0.15, -0.1) is 11.3 Å². The van der Waals surface area contributed by atoms with E-state index in [1.165, 1.54) is 29.7 Å². The lowest BCUT2D eigenvalue weighted by Gasteiger charge is -2.13. The number of aryl methyl sites for hydroxylation is 2. The van der Waals surface area contributed by atoms with Crippen molar-refractivity contribution in [1.82, 2.24) is 9.55 Å². The second kappa shape index (κ2) is 5.45. The molecule has 1 aliphatic carbocycles. The van der Waals surface area contributed by atoms with Crippen molar-refractivity contribution in [1.29, 1.82) is 0 Å². The Morgan fingerprint density at radius 2 is 2.10 bits per heavy atom. The van der Waals surface area contributed by atoms with Gasteiger partial charge in [0, 0.05) is 10.9 Å².